The van der Waals surface area contributed by atoms with Crippen LogP contribution in [0.5, 0.6) is 0 Å². The molecule has 2 aromatic carbocycles. The lowest BCUT2D eigenvalue weighted by Crippen LogP contribution is -2.30. The molecule has 1 amide bonds. The Hall–Kier alpha value is -4.61. The van der Waals surface area contributed by atoms with Gasteiger partial charge in [-0.05, 0) is 24.6 Å². The number of nitro groups is 2. The summed E-state index contributed by atoms with van der Waals surface area (Å²) in [7, 11) is 0. The van der Waals surface area contributed by atoms with Crippen LogP contribution in [0.3, 0.4) is 0 Å². The summed E-state index contributed by atoms with van der Waals surface area (Å²) in [5.41, 5.74) is 5.39. The standard InChI is InChI=1S/C18H15N7O5/c1-11-5-2-3-8-14(11)18(26)23-22-17-15(25(29)30)16(19-10-20-17)21-12-6-4-7-13(9-12)24(27)28/h2-10H,1H3,(H,23,26)(H2,19,20,21,22). The van der Waals surface area contributed by atoms with Crippen molar-refractivity contribution >= 4 is 34.6 Å². The summed E-state index contributed by atoms with van der Waals surface area (Å²) < 4.78 is 0. The molecule has 0 saturated heterocycles. The number of aromatic nitrogens is 2. The molecule has 3 aromatic rings. The number of nitrogens with zero attached hydrogens (tertiary/aromatic N) is 4. The number of anilines is 3. The number of hydrogen-bond acceptors (Lipinski definition) is 9. The molecule has 0 saturated carbocycles. The minimum absolute atomic E-state index is 0.194. The lowest BCUT2D eigenvalue weighted by atomic mass is 10.1. The van der Waals surface area contributed by atoms with Crippen molar-refractivity contribution in [3.63, 3.8) is 0 Å². The molecule has 0 radical (unpaired) electrons. The van der Waals surface area contributed by atoms with E-state index in [-0.39, 0.29) is 23.0 Å². The first-order chi connectivity index (χ1) is 14.4. The Labute approximate surface area is 169 Å². The van der Waals surface area contributed by atoms with E-state index in [9.17, 15) is 25.0 Å². The van der Waals surface area contributed by atoms with Crippen molar-refractivity contribution in [1.29, 1.82) is 0 Å². The van der Waals surface area contributed by atoms with Gasteiger partial charge in [-0.3, -0.25) is 35.9 Å². The Bertz CT molecular complexity index is 1140. The van der Waals surface area contributed by atoms with Crippen molar-refractivity contribution < 1.29 is 14.6 Å². The molecular weight excluding hydrogens is 394 g/mol. The number of hydrazine groups is 1. The van der Waals surface area contributed by atoms with E-state index in [1.807, 2.05) is 0 Å². The normalized spacial score (nSPS) is 10.2. The predicted octanol–water partition coefficient (Wildman–Crippen LogP) is 3.10. The second-order valence-electron chi connectivity index (χ2n) is 6.00. The van der Waals surface area contributed by atoms with Crippen LogP contribution in [-0.2, 0) is 0 Å². The largest absolute Gasteiger partial charge is 0.355 e. The van der Waals surface area contributed by atoms with Gasteiger partial charge in [-0.25, -0.2) is 9.97 Å². The van der Waals surface area contributed by atoms with Gasteiger partial charge < -0.3 is 5.32 Å². The first-order valence-electron chi connectivity index (χ1n) is 8.49. The maximum atomic E-state index is 12.3. The Morgan fingerprint density at radius 3 is 2.40 bits per heavy atom. The Morgan fingerprint density at radius 1 is 0.967 bits per heavy atom. The molecule has 0 bridgehead atoms. The van der Waals surface area contributed by atoms with Crippen molar-refractivity contribution in [1.82, 2.24) is 15.4 Å². The smallest absolute Gasteiger partial charge is 0.334 e. The van der Waals surface area contributed by atoms with Gasteiger partial charge in [0.1, 0.15) is 6.33 Å². The first-order valence-corrected chi connectivity index (χ1v) is 8.49. The quantitative estimate of drug-likeness (QED) is 0.392. The highest BCUT2D eigenvalue weighted by molar-refractivity contribution is 5.96. The van der Waals surface area contributed by atoms with Gasteiger partial charge in [0.15, 0.2) is 0 Å². The molecule has 30 heavy (non-hydrogen) atoms. The number of rotatable bonds is 7. The van der Waals surface area contributed by atoms with Crippen LogP contribution in [0.25, 0.3) is 0 Å². The highest BCUT2D eigenvalue weighted by atomic mass is 16.6. The van der Waals surface area contributed by atoms with Crippen LogP contribution in [0.15, 0.2) is 54.9 Å². The third kappa shape index (κ3) is 4.44. The molecule has 0 fully saturated rings. The van der Waals surface area contributed by atoms with Crippen molar-refractivity contribution in [3.05, 3.63) is 86.2 Å². The maximum Gasteiger partial charge on any atom is 0.355 e. The van der Waals surface area contributed by atoms with Crippen LogP contribution in [0, 0.1) is 27.2 Å². The monoisotopic (exact) mass is 409 g/mol. The Balaban J connectivity index is 1.85. The van der Waals surface area contributed by atoms with Crippen molar-refractivity contribution in [2.24, 2.45) is 0 Å². The SMILES string of the molecule is Cc1ccccc1C(=O)NNc1ncnc(Nc2cccc([N+](=O)[O-])c2)c1[N+](=O)[O-]. The lowest BCUT2D eigenvalue weighted by molar-refractivity contribution is -0.384. The highest BCUT2D eigenvalue weighted by Gasteiger charge is 2.24. The van der Waals surface area contributed by atoms with Gasteiger partial charge in [0, 0.05) is 23.4 Å². The van der Waals surface area contributed by atoms with Crippen LogP contribution < -0.4 is 16.2 Å². The molecule has 0 unspecified atom stereocenters. The zero-order chi connectivity index (χ0) is 21.7. The summed E-state index contributed by atoms with van der Waals surface area (Å²) in [5.74, 6) is -0.970. The predicted molar refractivity (Wildman–Crippen MR) is 107 cm³/mol. The number of aryl methyl sites for hydroxylation is 1. The zero-order valence-corrected chi connectivity index (χ0v) is 15.5. The van der Waals surface area contributed by atoms with Crippen LogP contribution in [-0.4, -0.2) is 25.7 Å². The van der Waals surface area contributed by atoms with Gasteiger partial charge >= 0.3 is 5.69 Å². The van der Waals surface area contributed by atoms with E-state index in [0.29, 0.717) is 5.56 Å². The molecule has 1 aromatic heterocycles. The summed E-state index contributed by atoms with van der Waals surface area (Å²) >= 11 is 0. The molecule has 0 atom stereocenters. The van der Waals surface area contributed by atoms with E-state index in [4.69, 9.17) is 0 Å². The van der Waals surface area contributed by atoms with Crippen LogP contribution in [0.4, 0.5) is 28.7 Å². The zero-order valence-electron chi connectivity index (χ0n) is 15.5. The third-order valence-corrected chi connectivity index (χ3v) is 4.01. The van der Waals surface area contributed by atoms with Gasteiger partial charge in [0.05, 0.1) is 9.85 Å². The first kappa shape index (κ1) is 20.1. The molecule has 0 aliphatic heterocycles. The fourth-order valence-electron chi connectivity index (χ4n) is 2.58. The van der Waals surface area contributed by atoms with Crippen molar-refractivity contribution in [2.75, 3.05) is 10.7 Å². The van der Waals surface area contributed by atoms with Crippen LogP contribution in [0.1, 0.15) is 15.9 Å². The number of benzene rings is 2. The minimum atomic E-state index is -0.734. The van der Waals surface area contributed by atoms with E-state index >= 15 is 0 Å². The summed E-state index contributed by atoms with van der Waals surface area (Å²) in [6.07, 6.45) is 1.05. The molecule has 1 heterocycles. The van der Waals surface area contributed by atoms with Gasteiger partial charge in [0.25, 0.3) is 11.6 Å². The van der Waals surface area contributed by atoms with Gasteiger partial charge in [-0.2, -0.15) is 0 Å². The van der Waals surface area contributed by atoms with E-state index in [2.05, 4.69) is 26.1 Å². The molecule has 12 nitrogen and oxygen atoms in total. The lowest BCUT2D eigenvalue weighted by Gasteiger charge is -2.11. The van der Waals surface area contributed by atoms with Gasteiger partial charge in [-0.15, -0.1) is 0 Å². The van der Waals surface area contributed by atoms with Gasteiger partial charge in [-0.1, -0.05) is 24.3 Å². The average Bonchev–Trinajstić information content (AvgIpc) is 2.72. The van der Waals surface area contributed by atoms with E-state index in [1.54, 1.807) is 31.2 Å². The molecule has 3 N–H and O–H groups in total. The second kappa shape index (κ2) is 8.60. The third-order valence-electron chi connectivity index (χ3n) is 4.01. The fourth-order valence-corrected chi connectivity index (χ4v) is 2.58. The molecule has 3 rings (SSSR count). The van der Waals surface area contributed by atoms with E-state index < -0.39 is 21.4 Å². The Kier molecular flexibility index (Phi) is 5.77. The molecule has 0 aliphatic rings. The number of non-ortho nitro benzene ring substituents is 1. The number of nitro benzene ring substituents is 1. The van der Waals surface area contributed by atoms with E-state index in [0.717, 1.165) is 11.9 Å². The number of carbonyl (C=O) groups is 1. The number of nitrogens with one attached hydrogen (secondary N) is 3. The molecule has 0 aliphatic carbocycles. The minimum Gasteiger partial charge on any atom is -0.334 e. The molecule has 12 heteroatoms. The Morgan fingerprint density at radius 2 is 1.70 bits per heavy atom. The number of amides is 1. The molecular formula is C18H15N7O5. The fraction of sp³-hybridized carbons (Fsp3) is 0.0556. The summed E-state index contributed by atoms with van der Waals surface area (Å²) in [6.45, 7) is 1.75. The van der Waals surface area contributed by atoms with Crippen LogP contribution in [0.2, 0.25) is 0 Å². The van der Waals surface area contributed by atoms with Crippen molar-refractivity contribution in [3.8, 4) is 0 Å². The topological polar surface area (TPSA) is 165 Å². The number of hydrogen-bond donors (Lipinski definition) is 3. The summed E-state index contributed by atoms with van der Waals surface area (Å²) in [6, 6.07) is 12.2. The molecule has 152 valence electrons. The van der Waals surface area contributed by atoms with Crippen molar-refractivity contribution in [2.45, 2.75) is 6.92 Å². The summed E-state index contributed by atoms with van der Waals surface area (Å²) in [4.78, 5) is 41.2. The highest BCUT2D eigenvalue weighted by Crippen LogP contribution is 2.31. The maximum absolute atomic E-state index is 12.3. The van der Waals surface area contributed by atoms with Gasteiger partial charge in [0.2, 0.25) is 11.6 Å². The average molecular weight is 409 g/mol. The molecule has 0 spiro atoms. The van der Waals surface area contributed by atoms with Crippen LogP contribution >= 0.6 is 0 Å². The summed E-state index contributed by atoms with van der Waals surface area (Å²) in [5, 5.41) is 25.2. The second-order valence-corrected chi connectivity index (χ2v) is 6.00. The number of carbonyl (C=O) groups excluding carboxylic acids is 1. The van der Waals surface area contributed by atoms with E-state index in [1.165, 1.54) is 24.3 Å².